The third kappa shape index (κ3) is 2.85. The third-order valence-corrected chi connectivity index (χ3v) is 3.92. The highest BCUT2D eigenvalue weighted by Crippen LogP contribution is 2.24. The van der Waals surface area contributed by atoms with Crippen LogP contribution < -0.4 is 10.1 Å². The average molecular weight is 273 g/mol. The number of nitrogens with one attached hydrogen (secondary N) is 1. The largest absolute Gasteiger partial charge is 0.496 e. The van der Waals surface area contributed by atoms with Gasteiger partial charge in [-0.25, -0.2) is 4.98 Å². The third-order valence-electron chi connectivity index (χ3n) is 3.92. The van der Waals surface area contributed by atoms with Crippen LogP contribution in [0, 0.1) is 13.8 Å². The van der Waals surface area contributed by atoms with E-state index >= 15 is 0 Å². The van der Waals surface area contributed by atoms with Gasteiger partial charge in [-0.15, -0.1) is 0 Å². The van der Waals surface area contributed by atoms with E-state index in [1.54, 1.807) is 7.11 Å². The molecule has 4 nitrogen and oxygen atoms in total. The van der Waals surface area contributed by atoms with E-state index in [0.29, 0.717) is 6.04 Å². The van der Waals surface area contributed by atoms with Crippen molar-refractivity contribution in [3.63, 3.8) is 0 Å². The van der Waals surface area contributed by atoms with Crippen LogP contribution in [0.15, 0.2) is 24.5 Å². The van der Waals surface area contributed by atoms with Crippen molar-refractivity contribution < 1.29 is 4.74 Å². The minimum absolute atomic E-state index is 0.324. The summed E-state index contributed by atoms with van der Waals surface area (Å²) in [6.07, 6.45) is 1.89. The Kier molecular flexibility index (Phi) is 4.45. The van der Waals surface area contributed by atoms with Crippen LogP contribution in [0.5, 0.6) is 5.75 Å². The SMILES string of the molecule is CNC(C)c1ccc(OC)c(Cn2cnc(C)c2C)c1. The summed E-state index contributed by atoms with van der Waals surface area (Å²) in [5, 5.41) is 3.27. The molecule has 2 aromatic rings. The van der Waals surface area contributed by atoms with Crippen molar-refractivity contribution in [1.82, 2.24) is 14.9 Å². The first-order chi connectivity index (χ1) is 9.56. The Balaban J connectivity index is 2.35. The van der Waals surface area contributed by atoms with E-state index in [9.17, 15) is 0 Å². The van der Waals surface area contributed by atoms with Crippen molar-refractivity contribution >= 4 is 0 Å². The lowest BCUT2D eigenvalue weighted by Crippen LogP contribution is -2.13. The van der Waals surface area contributed by atoms with Crippen LogP contribution in [0.25, 0.3) is 0 Å². The van der Waals surface area contributed by atoms with Gasteiger partial charge >= 0.3 is 0 Å². The molecule has 1 N–H and O–H groups in total. The van der Waals surface area contributed by atoms with Gasteiger partial charge in [0.2, 0.25) is 0 Å². The van der Waals surface area contributed by atoms with E-state index in [1.165, 1.54) is 16.8 Å². The van der Waals surface area contributed by atoms with Crippen LogP contribution in [-0.2, 0) is 6.54 Å². The number of hydrogen-bond donors (Lipinski definition) is 1. The van der Waals surface area contributed by atoms with Crippen molar-refractivity contribution in [2.75, 3.05) is 14.2 Å². The molecule has 108 valence electrons. The van der Waals surface area contributed by atoms with Gasteiger partial charge in [0, 0.05) is 17.3 Å². The first kappa shape index (κ1) is 14.6. The van der Waals surface area contributed by atoms with Gasteiger partial charge < -0.3 is 14.6 Å². The highest BCUT2D eigenvalue weighted by molar-refractivity contribution is 5.38. The summed E-state index contributed by atoms with van der Waals surface area (Å²) in [5.74, 6) is 0.919. The maximum atomic E-state index is 5.48. The Morgan fingerprint density at radius 3 is 2.65 bits per heavy atom. The predicted molar refractivity (Wildman–Crippen MR) is 81.3 cm³/mol. The fourth-order valence-corrected chi connectivity index (χ4v) is 2.25. The zero-order valence-electron chi connectivity index (χ0n) is 12.9. The van der Waals surface area contributed by atoms with Crippen LogP contribution in [0.2, 0.25) is 0 Å². The summed E-state index contributed by atoms with van der Waals surface area (Å²) in [6, 6.07) is 6.67. The second-order valence-electron chi connectivity index (χ2n) is 5.12. The summed E-state index contributed by atoms with van der Waals surface area (Å²) in [4.78, 5) is 4.35. The topological polar surface area (TPSA) is 39.1 Å². The van der Waals surface area contributed by atoms with Gasteiger partial charge in [-0.05, 0) is 45.5 Å². The molecule has 0 aliphatic heterocycles. The smallest absolute Gasteiger partial charge is 0.123 e. The molecule has 0 aliphatic rings. The van der Waals surface area contributed by atoms with Crippen LogP contribution in [-0.4, -0.2) is 23.7 Å². The molecule has 4 heteroatoms. The standard InChI is InChI=1S/C16H23N3O/c1-11-13(3)19(10-18-11)9-15-8-14(12(2)17-4)6-7-16(15)20-5/h6-8,10,12,17H,9H2,1-5H3. The van der Waals surface area contributed by atoms with Crippen LogP contribution in [0.4, 0.5) is 0 Å². The van der Waals surface area contributed by atoms with Gasteiger partial charge in [0.15, 0.2) is 0 Å². The number of methoxy groups -OCH3 is 1. The Morgan fingerprint density at radius 2 is 2.10 bits per heavy atom. The monoisotopic (exact) mass is 273 g/mol. The van der Waals surface area contributed by atoms with Crippen LogP contribution in [0.1, 0.15) is 35.5 Å². The minimum Gasteiger partial charge on any atom is -0.496 e. The molecule has 0 radical (unpaired) electrons. The molecule has 0 saturated heterocycles. The van der Waals surface area contributed by atoms with Crippen molar-refractivity contribution in [2.45, 2.75) is 33.4 Å². The Labute approximate surface area is 120 Å². The lowest BCUT2D eigenvalue weighted by atomic mass is 10.0. The molecule has 2 rings (SSSR count). The molecular weight excluding hydrogens is 250 g/mol. The second-order valence-corrected chi connectivity index (χ2v) is 5.12. The van der Waals surface area contributed by atoms with Crippen molar-refractivity contribution in [1.29, 1.82) is 0 Å². The summed E-state index contributed by atoms with van der Waals surface area (Å²) < 4.78 is 7.63. The summed E-state index contributed by atoms with van der Waals surface area (Å²) in [7, 11) is 3.68. The quantitative estimate of drug-likeness (QED) is 0.910. The fraction of sp³-hybridized carbons (Fsp3) is 0.438. The molecule has 1 unspecified atom stereocenters. The highest BCUT2D eigenvalue weighted by Gasteiger charge is 2.10. The number of rotatable bonds is 5. The molecule has 0 spiro atoms. The molecule has 1 aromatic carbocycles. The molecule has 20 heavy (non-hydrogen) atoms. The van der Waals surface area contributed by atoms with Gasteiger partial charge in [-0.1, -0.05) is 6.07 Å². The highest BCUT2D eigenvalue weighted by atomic mass is 16.5. The van der Waals surface area contributed by atoms with E-state index in [4.69, 9.17) is 4.74 Å². The molecule has 1 heterocycles. The number of aryl methyl sites for hydroxylation is 1. The van der Waals surface area contributed by atoms with Gasteiger partial charge in [0.25, 0.3) is 0 Å². The van der Waals surface area contributed by atoms with Crippen LogP contribution >= 0.6 is 0 Å². The summed E-state index contributed by atoms with van der Waals surface area (Å²) in [5.41, 5.74) is 4.70. The molecular formula is C16H23N3O. The van der Waals surface area contributed by atoms with E-state index in [1.807, 2.05) is 26.4 Å². The number of benzene rings is 1. The molecule has 0 fully saturated rings. The zero-order chi connectivity index (χ0) is 14.7. The van der Waals surface area contributed by atoms with E-state index < -0.39 is 0 Å². The molecule has 0 bridgehead atoms. The molecule has 0 amide bonds. The second kappa shape index (κ2) is 6.09. The Hall–Kier alpha value is -1.81. The van der Waals surface area contributed by atoms with Gasteiger partial charge in [0.1, 0.15) is 5.75 Å². The number of imidazole rings is 1. The molecule has 0 aliphatic carbocycles. The van der Waals surface area contributed by atoms with E-state index in [2.05, 4.69) is 40.8 Å². The number of ether oxygens (including phenoxy) is 1. The zero-order valence-corrected chi connectivity index (χ0v) is 12.9. The first-order valence-electron chi connectivity index (χ1n) is 6.89. The lowest BCUT2D eigenvalue weighted by Gasteiger charge is -2.16. The van der Waals surface area contributed by atoms with Crippen LogP contribution in [0.3, 0.4) is 0 Å². The van der Waals surface area contributed by atoms with E-state index in [-0.39, 0.29) is 0 Å². The number of hydrogen-bond acceptors (Lipinski definition) is 3. The predicted octanol–water partition coefficient (Wildman–Crippen LogP) is 2.84. The fourth-order valence-electron chi connectivity index (χ4n) is 2.25. The van der Waals surface area contributed by atoms with Gasteiger partial charge in [-0.3, -0.25) is 0 Å². The lowest BCUT2D eigenvalue weighted by molar-refractivity contribution is 0.407. The van der Waals surface area contributed by atoms with Crippen molar-refractivity contribution in [3.8, 4) is 5.75 Å². The van der Waals surface area contributed by atoms with Gasteiger partial charge in [0.05, 0.1) is 25.7 Å². The average Bonchev–Trinajstić information content (AvgIpc) is 2.78. The summed E-state index contributed by atoms with van der Waals surface area (Å²) >= 11 is 0. The van der Waals surface area contributed by atoms with Crippen molar-refractivity contribution in [2.24, 2.45) is 0 Å². The maximum absolute atomic E-state index is 5.48. The minimum atomic E-state index is 0.324. The number of nitrogens with zero attached hydrogens (tertiary/aromatic N) is 2. The normalized spacial score (nSPS) is 12.4. The summed E-state index contributed by atoms with van der Waals surface area (Å²) in [6.45, 7) is 7.05. The molecule has 1 aromatic heterocycles. The first-order valence-corrected chi connectivity index (χ1v) is 6.89. The van der Waals surface area contributed by atoms with Gasteiger partial charge in [-0.2, -0.15) is 0 Å². The molecule has 0 saturated carbocycles. The van der Waals surface area contributed by atoms with Crippen molar-refractivity contribution in [3.05, 3.63) is 47.0 Å². The maximum Gasteiger partial charge on any atom is 0.123 e. The Bertz CT molecular complexity index is 589. The number of aromatic nitrogens is 2. The molecule has 1 atom stereocenters. The van der Waals surface area contributed by atoms with E-state index in [0.717, 1.165) is 18.0 Å². The Morgan fingerprint density at radius 1 is 1.35 bits per heavy atom.